The minimum absolute atomic E-state index is 0.166. The molecule has 3 nitrogen and oxygen atoms in total. The van der Waals surface area contributed by atoms with Crippen LogP contribution in [-0.4, -0.2) is 30.6 Å². The van der Waals surface area contributed by atoms with Gasteiger partial charge in [0.1, 0.15) is 0 Å². The van der Waals surface area contributed by atoms with Gasteiger partial charge in [0.25, 0.3) is 0 Å². The molecule has 0 atom stereocenters. The second-order valence-electron chi connectivity index (χ2n) is 5.49. The van der Waals surface area contributed by atoms with Crippen LogP contribution in [0.5, 0.6) is 0 Å². The number of hydrogen-bond donors (Lipinski definition) is 0. The van der Waals surface area contributed by atoms with Crippen LogP contribution in [0.3, 0.4) is 0 Å². The summed E-state index contributed by atoms with van der Waals surface area (Å²) in [5, 5.41) is 0.674. The summed E-state index contributed by atoms with van der Waals surface area (Å²) in [7, 11) is -3.38. The molecule has 0 radical (unpaired) electrons. The van der Waals surface area contributed by atoms with Crippen LogP contribution >= 0.6 is 15.9 Å². The number of aryl methyl sites for hydroxylation is 2. The van der Waals surface area contributed by atoms with Crippen molar-refractivity contribution in [2.75, 3.05) is 11.9 Å². The van der Waals surface area contributed by atoms with Crippen LogP contribution in [0.2, 0.25) is 0 Å². The van der Waals surface area contributed by atoms with Gasteiger partial charge in [-0.25, -0.2) is 8.42 Å². The van der Waals surface area contributed by atoms with E-state index in [0.29, 0.717) is 16.8 Å². The Bertz CT molecular complexity index is 565. The average Bonchev–Trinajstić information content (AvgIpc) is 2.92. The molecule has 0 aromatic heterocycles. The fourth-order valence-electron chi connectivity index (χ4n) is 2.78. The van der Waals surface area contributed by atoms with Gasteiger partial charge in [0.15, 0.2) is 0 Å². The molecule has 112 valence electrons. The molecule has 0 spiro atoms. The molecule has 1 aliphatic carbocycles. The van der Waals surface area contributed by atoms with Crippen LogP contribution in [0.15, 0.2) is 23.1 Å². The zero-order valence-electron chi connectivity index (χ0n) is 12.1. The molecule has 0 N–H and O–H groups in total. The molecule has 1 aromatic carbocycles. The Labute approximate surface area is 130 Å². The summed E-state index contributed by atoms with van der Waals surface area (Å²) in [4.78, 5) is 0.424. The lowest BCUT2D eigenvalue weighted by Gasteiger charge is -2.27. The largest absolute Gasteiger partial charge is 0.243 e. The monoisotopic (exact) mass is 359 g/mol. The van der Waals surface area contributed by atoms with Crippen molar-refractivity contribution in [2.45, 2.75) is 50.5 Å². The van der Waals surface area contributed by atoms with Crippen molar-refractivity contribution in [2.24, 2.45) is 0 Å². The molecular weight excluding hydrogens is 338 g/mol. The molecular formula is C15H22BrNO2S. The van der Waals surface area contributed by atoms with Crippen LogP contribution in [0.25, 0.3) is 0 Å². The normalized spacial score (nSPS) is 17.0. The van der Waals surface area contributed by atoms with E-state index in [1.165, 1.54) is 0 Å². The van der Waals surface area contributed by atoms with Gasteiger partial charge in [0, 0.05) is 17.9 Å². The third-order valence-corrected chi connectivity index (χ3v) is 6.42. The Hall–Kier alpha value is -0.390. The van der Waals surface area contributed by atoms with Gasteiger partial charge in [-0.2, -0.15) is 4.31 Å². The fourth-order valence-corrected chi connectivity index (χ4v) is 5.17. The molecule has 0 saturated heterocycles. The minimum Gasteiger partial charge on any atom is -0.207 e. The second kappa shape index (κ2) is 6.58. The number of hydrogen-bond acceptors (Lipinski definition) is 2. The van der Waals surface area contributed by atoms with Gasteiger partial charge in [0.2, 0.25) is 10.0 Å². The van der Waals surface area contributed by atoms with Gasteiger partial charge in [-0.05, 0) is 49.9 Å². The Kier molecular flexibility index (Phi) is 5.26. The van der Waals surface area contributed by atoms with Crippen molar-refractivity contribution in [1.82, 2.24) is 4.31 Å². The van der Waals surface area contributed by atoms with Crippen molar-refractivity contribution < 1.29 is 8.42 Å². The van der Waals surface area contributed by atoms with E-state index in [4.69, 9.17) is 0 Å². The smallest absolute Gasteiger partial charge is 0.207 e. The first-order chi connectivity index (χ1) is 9.46. The molecule has 2 rings (SSSR count). The zero-order valence-corrected chi connectivity index (χ0v) is 14.5. The van der Waals surface area contributed by atoms with Gasteiger partial charge in [-0.15, -0.1) is 0 Å². The first-order valence-electron chi connectivity index (χ1n) is 7.12. The van der Waals surface area contributed by atoms with Crippen molar-refractivity contribution in [1.29, 1.82) is 0 Å². The van der Waals surface area contributed by atoms with E-state index in [1.807, 2.05) is 19.9 Å². The Morgan fingerprint density at radius 2 is 1.85 bits per heavy atom. The van der Waals surface area contributed by atoms with Crippen molar-refractivity contribution in [3.05, 3.63) is 29.3 Å². The Balaban J connectivity index is 2.36. The van der Waals surface area contributed by atoms with Gasteiger partial charge in [-0.3, -0.25) is 0 Å². The third kappa shape index (κ3) is 3.26. The van der Waals surface area contributed by atoms with E-state index in [2.05, 4.69) is 15.9 Å². The predicted octanol–water partition coefficient (Wildman–Crippen LogP) is 3.63. The van der Waals surface area contributed by atoms with Gasteiger partial charge in [-0.1, -0.05) is 34.8 Å². The van der Waals surface area contributed by atoms with Crippen molar-refractivity contribution >= 4 is 26.0 Å². The molecule has 1 aliphatic rings. The van der Waals surface area contributed by atoms with E-state index < -0.39 is 10.0 Å². The van der Waals surface area contributed by atoms with Crippen LogP contribution in [-0.2, 0) is 10.0 Å². The Morgan fingerprint density at radius 1 is 1.20 bits per heavy atom. The number of benzene rings is 1. The van der Waals surface area contributed by atoms with E-state index in [-0.39, 0.29) is 6.04 Å². The lowest BCUT2D eigenvalue weighted by molar-refractivity contribution is 0.338. The number of rotatable bonds is 5. The lowest BCUT2D eigenvalue weighted by Crippen LogP contribution is -2.40. The maximum atomic E-state index is 12.9. The number of alkyl halides is 1. The highest BCUT2D eigenvalue weighted by atomic mass is 79.9. The number of halogens is 1. The van der Waals surface area contributed by atoms with E-state index in [0.717, 1.165) is 36.8 Å². The van der Waals surface area contributed by atoms with E-state index in [9.17, 15) is 8.42 Å². The fraction of sp³-hybridized carbons (Fsp3) is 0.600. The maximum Gasteiger partial charge on any atom is 0.243 e. The summed E-state index contributed by atoms with van der Waals surface area (Å²) < 4.78 is 27.4. The average molecular weight is 360 g/mol. The Morgan fingerprint density at radius 3 is 2.40 bits per heavy atom. The molecule has 20 heavy (non-hydrogen) atoms. The quantitative estimate of drug-likeness (QED) is 0.752. The van der Waals surface area contributed by atoms with Gasteiger partial charge >= 0.3 is 0 Å². The molecule has 0 amide bonds. The highest BCUT2D eigenvalue weighted by Gasteiger charge is 2.32. The minimum atomic E-state index is -3.38. The topological polar surface area (TPSA) is 37.4 Å². The molecule has 0 heterocycles. The van der Waals surface area contributed by atoms with Crippen molar-refractivity contribution in [3.8, 4) is 0 Å². The summed E-state index contributed by atoms with van der Waals surface area (Å²) in [6.45, 7) is 4.50. The zero-order chi connectivity index (χ0) is 14.8. The summed E-state index contributed by atoms with van der Waals surface area (Å²) in [5.41, 5.74) is 2.15. The molecule has 5 heteroatoms. The van der Waals surface area contributed by atoms with E-state index >= 15 is 0 Å². The number of nitrogens with zero attached hydrogens (tertiary/aromatic N) is 1. The maximum absolute atomic E-state index is 12.9. The molecule has 0 bridgehead atoms. The highest BCUT2D eigenvalue weighted by molar-refractivity contribution is 9.09. The molecule has 1 aromatic rings. The SMILES string of the molecule is Cc1ccc(S(=O)(=O)N(CCBr)C2CCCC2)cc1C. The third-order valence-electron chi connectivity index (χ3n) is 4.12. The summed E-state index contributed by atoms with van der Waals surface area (Å²) in [5.74, 6) is 0. The van der Waals surface area contributed by atoms with Crippen LogP contribution in [0.4, 0.5) is 0 Å². The van der Waals surface area contributed by atoms with Gasteiger partial charge in [0.05, 0.1) is 4.90 Å². The van der Waals surface area contributed by atoms with E-state index in [1.54, 1.807) is 16.4 Å². The summed E-state index contributed by atoms with van der Waals surface area (Å²) >= 11 is 3.38. The van der Waals surface area contributed by atoms with Gasteiger partial charge < -0.3 is 0 Å². The van der Waals surface area contributed by atoms with Crippen LogP contribution in [0, 0.1) is 13.8 Å². The number of sulfonamides is 1. The molecule has 1 saturated carbocycles. The first-order valence-corrected chi connectivity index (χ1v) is 9.68. The molecule has 0 unspecified atom stereocenters. The van der Waals surface area contributed by atoms with Crippen molar-refractivity contribution in [3.63, 3.8) is 0 Å². The summed E-state index contributed by atoms with van der Waals surface area (Å²) in [6.07, 6.45) is 4.23. The molecule has 1 fully saturated rings. The second-order valence-corrected chi connectivity index (χ2v) is 8.17. The predicted molar refractivity (Wildman–Crippen MR) is 85.9 cm³/mol. The standard InChI is InChI=1S/C15H22BrNO2S/c1-12-7-8-15(11-13(12)2)20(18,19)17(10-9-16)14-5-3-4-6-14/h7-8,11,14H,3-6,9-10H2,1-2H3. The lowest BCUT2D eigenvalue weighted by atomic mass is 10.1. The van der Waals surface area contributed by atoms with Crippen LogP contribution in [0.1, 0.15) is 36.8 Å². The summed E-state index contributed by atoms with van der Waals surface area (Å²) in [6, 6.07) is 5.58. The first kappa shape index (κ1) is 16.0. The molecule has 0 aliphatic heterocycles. The highest BCUT2D eigenvalue weighted by Crippen LogP contribution is 2.29. The van der Waals surface area contributed by atoms with Crippen LogP contribution < -0.4 is 0 Å².